The summed E-state index contributed by atoms with van der Waals surface area (Å²) in [6.45, 7) is 3.18. The highest BCUT2D eigenvalue weighted by Gasteiger charge is 2.26. The van der Waals surface area contributed by atoms with E-state index in [2.05, 4.69) is 36.5 Å². The van der Waals surface area contributed by atoms with Gasteiger partial charge in [-0.2, -0.15) is 0 Å². The summed E-state index contributed by atoms with van der Waals surface area (Å²) in [7, 11) is 0. The summed E-state index contributed by atoms with van der Waals surface area (Å²) >= 11 is 0. The molecule has 1 heterocycles. The Kier molecular flexibility index (Phi) is 4.07. The van der Waals surface area contributed by atoms with Gasteiger partial charge >= 0.3 is 0 Å². The highest BCUT2D eigenvalue weighted by molar-refractivity contribution is 5.37. The molecule has 104 valence electrons. The number of ether oxygens (including phenoxy) is 1. The van der Waals surface area contributed by atoms with E-state index in [1.54, 1.807) is 0 Å². The summed E-state index contributed by atoms with van der Waals surface area (Å²) in [4.78, 5) is 0. The molecule has 2 heteroatoms. The molecule has 2 nitrogen and oxygen atoms in total. The lowest BCUT2D eigenvalue weighted by atomic mass is 9.83. The van der Waals surface area contributed by atoms with E-state index in [1.165, 1.54) is 37.7 Å². The van der Waals surface area contributed by atoms with E-state index < -0.39 is 0 Å². The molecular formula is C17H25NO. The van der Waals surface area contributed by atoms with Crippen LogP contribution >= 0.6 is 0 Å². The number of hydrogen-bond acceptors (Lipinski definition) is 2. The first-order valence-corrected chi connectivity index (χ1v) is 7.84. The van der Waals surface area contributed by atoms with E-state index in [0.29, 0.717) is 12.1 Å². The average Bonchev–Trinajstić information content (AvgIpc) is 2.48. The summed E-state index contributed by atoms with van der Waals surface area (Å²) in [6.07, 6.45) is 7.96. The maximum absolute atomic E-state index is 5.75. The van der Waals surface area contributed by atoms with E-state index in [9.17, 15) is 0 Å². The number of benzene rings is 1. The van der Waals surface area contributed by atoms with Crippen molar-refractivity contribution in [2.75, 3.05) is 6.61 Å². The summed E-state index contributed by atoms with van der Waals surface area (Å²) in [5.41, 5.74) is 1.35. The normalized spacial score (nSPS) is 30.5. The standard InChI is InChI=1S/C17H25NO/c1-2-13-6-5-7-14(12-13)18-16-10-11-19-17-9-4-3-8-15(16)17/h3-4,8-9,13-14,16,18H,2,5-7,10-12H2,1H3. The van der Waals surface area contributed by atoms with Crippen LogP contribution in [0.1, 0.15) is 57.1 Å². The minimum atomic E-state index is 0.491. The van der Waals surface area contributed by atoms with Gasteiger partial charge in [0.25, 0.3) is 0 Å². The first kappa shape index (κ1) is 13.0. The van der Waals surface area contributed by atoms with Crippen molar-refractivity contribution in [3.05, 3.63) is 29.8 Å². The van der Waals surface area contributed by atoms with Crippen LogP contribution in [-0.4, -0.2) is 12.6 Å². The number of fused-ring (bicyclic) bond motifs is 1. The Morgan fingerprint density at radius 3 is 3.00 bits per heavy atom. The van der Waals surface area contributed by atoms with Gasteiger partial charge in [0.15, 0.2) is 0 Å². The number of para-hydroxylation sites is 1. The zero-order chi connectivity index (χ0) is 13.1. The molecule has 1 aliphatic heterocycles. The number of rotatable bonds is 3. The molecule has 0 saturated heterocycles. The Morgan fingerprint density at radius 1 is 1.21 bits per heavy atom. The molecule has 1 saturated carbocycles. The van der Waals surface area contributed by atoms with Gasteiger partial charge in [0.05, 0.1) is 6.61 Å². The fraction of sp³-hybridized carbons (Fsp3) is 0.647. The maximum Gasteiger partial charge on any atom is 0.124 e. The van der Waals surface area contributed by atoms with Gasteiger partial charge in [-0.1, -0.05) is 44.4 Å². The third-order valence-corrected chi connectivity index (χ3v) is 4.76. The minimum absolute atomic E-state index is 0.491. The lowest BCUT2D eigenvalue weighted by molar-refractivity contribution is 0.215. The quantitative estimate of drug-likeness (QED) is 0.883. The van der Waals surface area contributed by atoms with Crippen LogP contribution in [0.3, 0.4) is 0 Å². The number of hydrogen-bond donors (Lipinski definition) is 1. The van der Waals surface area contributed by atoms with Gasteiger partial charge in [-0.15, -0.1) is 0 Å². The van der Waals surface area contributed by atoms with E-state index in [0.717, 1.165) is 24.7 Å². The molecule has 2 aliphatic rings. The van der Waals surface area contributed by atoms with E-state index in [4.69, 9.17) is 4.74 Å². The van der Waals surface area contributed by atoms with Crippen molar-refractivity contribution in [1.29, 1.82) is 0 Å². The second kappa shape index (κ2) is 5.96. The molecule has 1 fully saturated rings. The molecule has 0 aromatic heterocycles. The van der Waals surface area contributed by atoms with Crippen LogP contribution in [0, 0.1) is 5.92 Å². The van der Waals surface area contributed by atoms with Crippen molar-refractivity contribution in [3.63, 3.8) is 0 Å². The third kappa shape index (κ3) is 2.94. The molecule has 1 aromatic carbocycles. The van der Waals surface area contributed by atoms with E-state index in [-0.39, 0.29) is 0 Å². The molecule has 0 radical (unpaired) electrons. The highest BCUT2D eigenvalue weighted by atomic mass is 16.5. The Morgan fingerprint density at radius 2 is 2.11 bits per heavy atom. The topological polar surface area (TPSA) is 21.3 Å². The van der Waals surface area contributed by atoms with Gasteiger partial charge < -0.3 is 10.1 Å². The Labute approximate surface area is 116 Å². The fourth-order valence-electron chi connectivity index (χ4n) is 3.61. The van der Waals surface area contributed by atoms with Gasteiger partial charge in [-0.3, -0.25) is 0 Å². The third-order valence-electron chi connectivity index (χ3n) is 4.76. The lowest BCUT2D eigenvalue weighted by Gasteiger charge is -2.34. The van der Waals surface area contributed by atoms with Gasteiger partial charge in [-0.25, -0.2) is 0 Å². The molecule has 0 bridgehead atoms. The molecule has 3 rings (SSSR count). The van der Waals surface area contributed by atoms with Gasteiger partial charge in [-0.05, 0) is 24.8 Å². The second-order valence-electron chi connectivity index (χ2n) is 6.03. The maximum atomic E-state index is 5.75. The smallest absolute Gasteiger partial charge is 0.124 e. The minimum Gasteiger partial charge on any atom is -0.493 e. The van der Waals surface area contributed by atoms with Crippen molar-refractivity contribution < 1.29 is 4.74 Å². The van der Waals surface area contributed by atoms with Crippen LogP contribution in [0.2, 0.25) is 0 Å². The Hall–Kier alpha value is -1.02. The van der Waals surface area contributed by atoms with Crippen LogP contribution in [0.4, 0.5) is 0 Å². The monoisotopic (exact) mass is 259 g/mol. The first-order valence-electron chi connectivity index (χ1n) is 7.84. The predicted molar refractivity (Wildman–Crippen MR) is 78.5 cm³/mol. The average molecular weight is 259 g/mol. The second-order valence-corrected chi connectivity index (χ2v) is 6.03. The predicted octanol–water partition coefficient (Wildman–Crippen LogP) is 4.07. The van der Waals surface area contributed by atoms with Crippen LogP contribution in [0.15, 0.2) is 24.3 Å². The summed E-state index contributed by atoms with van der Waals surface area (Å²) < 4.78 is 5.75. The van der Waals surface area contributed by atoms with Crippen LogP contribution in [0.25, 0.3) is 0 Å². The van der Waals surface area contributed by atoms with Gasteiger partial charge in [0.1, 0.15) is 5.75 Å². The molecule has 0 spiro atoms. The highest BCUT2D eigenvalue weighted by Crippen LogP contribution is 2.34. The lowest BCUT2D eigenvalue weighted by Crippen LogP contribution is -2.38. The number of nitrogens with one attached hydrogen (secondary N) is 1. The van der Waals surface area contributed by atoms with Gasteiger partial charge in [0, 0.05) is 24.1 Å². The van der Waals surface area contributed by atoms with E-state index in [1.807, 2.05) is 0 Å². The summed E-state index contributed by atoms with van der Waals surface area (Å²) in [5.74, 6) is 2.01. The van der Waals surface area contributed by atoms with Crippen LogP contribution in [0.5, 0.6) is 5.75 Å². The molecule has 0 amide bonds. The molecule has 1 aromatic rings. The zero-order valence-corrected chi connectivity index (χ0v) is 11.9. The molecule has 3 unspecified atom stereocenters. The largest absolute Gasteiger partial charge is 0.493 e. The zero-order valence-electron chi connectivity index (χ0n) is 11.9. The van der Waals surface area contributed by atoms with Crippen molar-refractivity contribution in [3.8, 4) is 5.75 Å². The molecule has 1 aliphatic carbocycles. The van der Waals surface area contributed by atoms with Crippen molar-refractivity contribution >= 4 is 0 Å². The molecular weight excluding hydrogens is 234 g/mol. The Balaban J connectivity index is 1.67. The van der Waals surface area contributed by atoms with E-state index >= 15 is 0 Å². The van der Waals surface area contributed by atoms with Gasteiger partial charge in [0.2, 0.25) is 0 Å². The fourth-order valence-corrected chi connectivity index (χ4v) is 3.61. The first-order chi connectivity index (χ1) is 9.36. The van der Waals surface area contributed by atoms with Crippen molar-refractivity contribution in [1.82, 2.24) is 5.32 Å². The Bertz CT molecular complexity index is 417. The van der Waals surface area contributed by atoms with Crippen molar-refractivity contribution in [2.45, 2.75) is 57.5 Å². The summed E-state index contributed by atoms with van der Waals surface area (Å²) in [6, 6.07) is 9.69. The molecule has 19 heavy (non-hydrogen) atoms. The molecule has 1 N–H and O–H groups in total. The van der Waals surface area contributed by atoms with Crippen molar-refractivity contribution in [2.24, 2.45) is 5.92 Å². The molecule has 3 atom stereocenters. The SMILES string of the molecule is CCC1CCCC(NC2CCOc3ccccc32)C1. The van der Waals surface area contributed by atoms with Crippen LogP contribution in [-0.2, 0) is 0 Å². The summed E-state index contributed by atoms with van der Waals surface area (Å²) in [5, 5.41) is 3.90. The van der Waals surface area contributed by atoms with Crippen LogP contribution < -0.4 is 10.1 Å².